The van der Waals surface area contributed by atoms with Crippen LogP contribution in [0.4, 0.5) is 0 Å². The summed E-state index contributed by atoms with van der Waals surface area (Å²) in [5.41, 5.74) is 2.69. The fraction of sp³-hybridized carbons (Fsp3) is 0.214. The Morgan fingerprint density at radius 2 is 1.54 bits per heavy atom. The number of hydrogen-bond acceptors (Lipinski definition) is 7. The summed E-state index contributed by atoms with van der Waals surface area (Å²) in [5.74, 6) is 1.37. The summed E-state index contributed by atoms with van der Waals surface area (Å²) in [6.07, 6.45) is 1.70. The zero-order valence-corrected chi connectivity index (χ0v) is 20.2. The molecule has 0 radical (unpaired) electrons. The first-order valence-corrected chi connectivity index (χ1v) is 11.0. The van der Waals surface area contributed by atoms with Gasteiger partial charge in [-0.2, -0.15) is 0 Å². The van der Waals surface area contributed by atoms with Crippen LogP contribution < -0.4 is 23.7 Å². The Hall–Kier alpha value is -4.26. The molecule has 3 aromatic carbocycles. The number of rotatable bonds is 7. The van der Waals surface area contributed by atoms with Crippen LogP contribution in [0.5, 0.6) is 28.7 Å². The maximum Gasteiger partial charge on any atom is 0.343 e. The molecule has 35 heavy (non-hydrogen) atoms. The number of esters is 1. The first-order valence-electron chi connectivity index (χ1n) is 11.0. The van der Waals surface area contributed by atoms with Crippen molar-refractivity contribution in [3.8, 4) is 28.7 Å². The molecule has 0 saturated heterocycles. The molecule has 1 heterocycles. The zero-order valence-electron chi connectivity index (χ0n) is 20.2. The highest BCUT2D eigenvalue weighted by Gasteiger charge is 2.28. The van der Waals surface area contributed by atoms with E-state index in [0.717, 1.165) is 5.56 Å². The Bertz CT molecular complexity index is 1280. The second-order valence-electron chi connectivity index (χ2n) is 8.22. The van der Waals surface area contributed by atoms with Gasteiger partial charge in [-0.3, -0.25) is 4.79 Å². The van der Waals surface area contributed by atoms with Crippen molar-refractivity contribution >= 4 is 17.8 Å². The Labute approximate surface area is 203 Å². The molecule has 0 saturated carbocycles. The van der Waals surface area contributed by atoms with Crippen LogP contribution >= 0.6 is 0 Å². The maximum absolute atomic E-state index is 12.8. The van der Waals surface area contributed by atoms with Gasteiger partial charge in [-0.1, -0.05) is 38.1 Å². The number of allylic oxidation sites excluding steroid dienone is 1. The Balaban J connectivity index is 1.54. The number of ketones is 1. The lowest BCUT2D eigenvalue weighted by Crippen LogP contribution is -2.09. The second-order valence-corrected chi connectivity index (χ2v) is 8.22. The summed E-state index contributed by atoms with van der Waals surface area (Å²) in [6, 6.07) is 15.6. The number of Topliss-reactive ketones (excluding diaryl/α,β-unsaturated/α-hetero) is 1. The van der Waals surface area contributed by atoms with Crippen LogP contribution in [-0.4, -0.2) is 33.1 Å². The van der Waals surface area contributed by atoms with E-state index >= 15 is 0 Å². The summed E-state index contributed by atoms with van der Waals surface area (Å²) in [5, 5.41) is 0. The summed E-state index contributed by atoms with van der Waals surface area (Å²) in [4.78, 5) is 25.6. The lowest BCUT2D eigenvalue weighted by atomic mass is 10.0. The van der Waals surface area contributed by atoms with E-state index in [1.165, 1.54) is 45.1 Å². The van der Waals surface area contributed by atoms with E-state index in [-0.39, 0.29) is 22.9 Å². The van der Waals surface area contributed by atoms with Crippen molar-refractivity contribution < 1.29 is 33.3 Å². The number of carbonyl (C=O) groups excluding carboxylic acids is 2. The molecule has 0 amide bonds. The predicted molar refractivity (Wildman–Crippen MR) is 131 cm³/mol. The lowest BCUT2D eigenvalue weighted by molar-refractivity contribution is 0.0733. The van der Waals surface area contributed by atoms with E-state index in [9.17, 15) is 9.59 Å². The van der Waals surface area contributed by atoms with Crippen LogP contribution in [0.25, 0.3) is 6.08 Å². The van der Waals surface area contributed by atoms with Crippen LogP contribution in [0, 0.1) is 0 Å². The first-order chi connectivity index (χ1) is 16.8. The second kappa shape index (κ2) is 9.93. The highest BCUT2D eigenvalue weighted by molar-refractivity contribution is 6.14. The fourth-order valence-corrected chi connectivity index (χ4v) is 3.72. The third kappa shape index (κ3) is 4.84. The number of fused-ring (bicyclic) bond motifs is 1. The number of carbonyl (C=O) groups is 2. The van der Waals surface area contributed by atoms with E-state index in [0.29, 0.717) is 34.5 Å². The maximum atomic E-state index is 12.8. The van der Waals surface area contributed by atoms with Crippen LogP contribution in [0.3, 0.4) is 0 Å². The first kappa shape index (κ1) is 23.9. The standard InChI is InChI=1S/C28H26O7/c1-16(2)18-8-6-17(7-9-18)12-23-26(29)21-11-10-20(15-22(21)35-23)34-28(30)19-13-24(31-3)27(33-5)25(14-19)32-4/h6-16H,1-5H3. The largest absolute Gasteiger partial charge is 0.493 e. The molecule has 4 rings (SSSR count). The SMILES string of the molecule is COc1cc(C(=O)Oc2ccc3c(c2)OC(=Cc2ccc(C(C)C)cc2)C3=O)cc(OC)c1OC. The van der Waals surface area contributed by atoms with Crippen molar-refractivity contribution in [2.24, 2.45) is 0 Å². The van der Waals surface area contributed by atoms with Crippen molar-refractivity contribution in [1.29, 1.82) is 0 Å². The number of benzene rings is 3. The number of ether oxygens (including phenoxy) is 5. The van der Waals surface area contributed by atoms with Gasteiger partial charge in [-0.25, -0.2) is 4.79 Å². The topological polar surface area (TPSA) is 80.3 Å². The molecule has 0 aliphatic carbocycles. The van der Waals surface area contributed by atoms with Gasteiger partial charge in [0.15, 0.2) is 17.3 Å². The van der Waals surface area contributed by atoms with E-state index in [1.54, 1.807) is 18.2 Å². The highest BCUT2D eigenvalue weighted by atomic mass is 16.5. The smallest absolute Gasteiger partial charge is 0.343 e. The molecule has 180 valence electrons. The molecule has 7 nitrogen and oxygen atoms in total. The van der Waals surface area contributed by atoms with Crippen molar-refractivity contribution in [2.45, 2.75) is 19.8 Å². The predicted octanol–water partition coefficient (Wildman–Crippen LogP) is 5.67. The Kier molecular flexibility index (Phi) is 6.78. The van der Waals surface area contributed by atoms with Crippen molar-refractivity contribution in [3.63, 3.8) is 0 Å². The van der Waals surface area contributed by atoms with Gasteiger partial charge < -0.3 is 23.7 Å². The summed E-state index contributed by atoms with van der Waals surface area (Å²) in [6.45, 7) is 4.25. The van der Waals surface area contributed by atoms with Crippen LogP contribution in [0.1, 0.15) is 51.6 Å². The molecule has 3 aromatic rings. The molecule has 1 aliphatic heterocycles. The van der Waals surface area contributed by atoms with E-state index in [1.807, 2.05) is 24.3 Å². The van der Waals surface area contributed by atoms with Gasteiger partial charge in [-0.05, 0) is 47.4 Å². The minimum atomic E-state index is -0.630. The van der Waals surface area contributed by atoms with E-state index in [2.05, 4.69) is 13.8 Å². The monoisotopic (exact) mass is 474 g/mol. The molecule has 0 bridgehead atoms. The van der Waals surface area contributed by atoms with Gasteiger partial charge in [0.25, 0.3) is 0 Å². The minimum Gasteiger partial charge on any atom is -0.493 e. The van der Waals surface area contributed by atoms with Gasteiger partial charge in [-0.15, -0.1) is 0 Å². The van der Waals surface area contributed by atoms with Gasteiger partial charge in [0.1, 0.15) is 11.5 Å². The number of hydrogen-bond donors (Lipinski definition) is 0. The number of methoxy groups -OCH3 is 3. The van der Waals surface area contributed by atoms with Crippen molar-refractivity contribution in [1.82, 2.24) is 0 Å². The molecule has 0 unspecified atom stereocenters. The highest BCUT2D eigenvalue weighted by Crippen LogP contribution is 2.39. The quantitative estimate of drug-likeness (QED) is 0.248. The van der Waals surface area contributed by atoms with E-state index in [4.69, 9.17) is 23.7 Å². The Morgan fingerprint density at radius 1 is 0.886 bits per heavy atom. The summed E-state index contributed by atoms with van der Waals surface area (Å²) < 4.78 is 27.2. The van der Waals surface area contributed by atoms with Gasteiger partial charge >= 0.3 is 5.97 Å². The van der Waals surface area contributed by atoms with E-state index < -0.39 is 5.97 Å². The zero-order chi connectivity index (χ0) is 25.1. The molecular weight excluding hydrogens is 448 g/mol. The third-order valence-corrected chi connectivity index (χ3v) is 5.65. The van der Waals surface area contributed by atoms with Crippen LogP contribution in [0.2, 0.25) is 0 Å². The molecule has 0 spiro atoms. The molecule has 7 heteroatoms. The molecular formula is C28H26O7. The lowest BCUT2D eigenvalue weighted by Gasteiger charge is -2.13. The molecule has 0 N–H and O–H groups in total. The Morgan fingerprint density at radius 3 is 2.11 bits per heavy atom. The third-order valence-electron chi connectivity index (χ3n) is 5.65. The van der Waals surface area contributed by atoms with Crippen LogP contribution in [-0.2, 0) is 0 Å². The molecule has 0 atom stereocenters. The summed E-state index contributed by atoms with van der Waals surface area (Å²) >= 11 is 0. The van der Waals surface area contributed by atoms with Crippen molar-refractivity contribution in [2.75, 3.05) is 21.3 Å². The van der Waals surface area contributed by atoms with Gasteiger partial charge in [0.05, 0.1) is 32.5 Å². The average molecular weight is 475 g/mol. The van der Waals surface area contributed by atoms with Gasteiger partial charge in [0.2, 0.25) is 11.5 Å². The fourth-order valence-electron chi connectivity index (χ4n) is 3.72. The van der Waals surface area contributed by atoms with Crippen molar-refractivity contribution in [3.05, 3.63) is 82.6 Å². The van der Waals surface area contributed by atoms with Crippen LogP contribution in [0.15, 0.2) is 60.4 Å². The molecule has 0 fully saturated rings. The average Bonchev–Trinajstić information content (AvgIpc) is 3.17. The molecule has 0 aromatic heterocycles. The normalized spacial score (nSPS) is 13.4. The molecule has 1 aliphatic rings. The summed E-state index contributed by atoms with van der Waals surface area (Å²) in [7, 11) is 4.41. The minimum absolute atomic E-state index is 0.211. The van der Waals surface area contributed by atoms with Gasteiger partial charge in [0, 0.05) is 6.07 Å².